The van der Waals surface area contributed by atoms with Gasteiger partial charge >= 0.3 is 0 Å². The Morgan fingerprint density at radius 3 is 3.21 bits per heavy atom. The number of hydrogen-bond acceptors (Lipinski definition) is 6. The Kier molecular flexibility index (Phi) is 2.38. The Morgan fingerprint density at radius 2 is 2.42 bits per heavy atom. The van der Waals surface area contributed by atoms with Crippen molar-refractivity contribution in [3.63, 3.8) is 0 Å². The molecule has 2 unspecified atom stereocenters. The van der Waals surface area contributed by atoms with Gasteiger partial charge in [-0.05, 0) is 12.8 Å². The zero-order valence-electron chi connectivity index (χ0n) is 10.9. The van der Waals surface area contributed by atoms with Crippen LogP contribution in [0.4, 0.5) is 11.5 Å². The van der Waals surface area contributed by atoms with Gasteiger partial charge in [0.2, 0.25) is 0 Å². The lowest BCUT2D eigenvalue weighted by molar-refractivity contribution is 0.240. The van der Waals surface area contributed by atoms with E-state index < -0.39 is 0 Å². The first kappa shape index (κ1) is 11.0. The van der Waals surface area contributed by atoms with E-state index in [1.54, 1.807) is 0 Å². The summed E-state index contributed by atoms with van der Waals surface area (Å²) in [6.07, 6.45) is 4.47. The van der Waals surface area contributed by atoms with Crippen LogP contribution in [0.2, 0.25) is 0 Å². The average molecular weight is 259 g/mol. The third-order valence-corrected chi connectivity index (χ3v) is 4.26. The van der Waals surface area contributed by atoms with Crippen molar-refractivity contribution in [1.29, 1.82) is 0 Å². The fourth-order valence-corrected chi connectivity index (χ4v) is 3.09. The number of piperazine rings is 1. The third-order valence-electron chi connectivity index (χ3n) is 4.26. The number of pyridine rings is 1. The van der Waals surface area contributed by atoms with Gasteiger partial charge in [0.25, 0.3) is 0 Å². The molecule has 3 heterocycles. The number of aromatic nitrogens is 2. The minimum absolute atomic E-state index is 0.611. The summed E-state index contributed by atoms with van der Waals surface area (Å²) in [6.45, 7) is 2.07. The van der Waals surface area contributed by atoms with Crippen molar-refractivity contribution in [2.75, 3.05) is 30.4 Å². The highest BCUT2D eigenvalue weighted by molar-refractivity contribution is 5.85. The number of anilines is 2. The maximum Gasteiger partial charge on any atom is 0.195 e. The van der Waals surface area contributed by atoms with Crippen molar-refractivity contribution < 1.29 is 4.52 Å². The molecule has 100 valence electrons. The van der Waals surface area contributed by atoms with Gasteiger partial charge in [-0.2, -0.15) is 0 Å². The summed E-state index contributed by atoms with van der Waals surface area (Å²) >= 11 is 0. The minimum atomic E-state index is 0.611. The molecule has 1 saturated heterocycles. The normalized spacial score (nSPS) is 26.1. The van der Waals surface area contributed by atoms with Gasteiger partial charge in [0.05, 0.1) is 11.9 Å². The molecule has 1 aliphatic carbocycles. The van der Waals surface area contributed by atoms with Gasteiger partial charge in [-0.1, -0.05) is 5.16 Å². The molecule has 2 N–H and O–H groups in total. The van der Waals surface area contributed by atoms with E-state index in [9.17, 15) is 0 Å². The SMILES string of the molecule is CNc1noc2cc(N3CCNC4CCC43)cnc12. The van der Waals surface area contributed by atoms with E-state index in [0.717, 1.165) is 29.9 Å². The third kappa shape index (κ3) is 1.59. The van der Waals surface area contributed by atoms with Crippen molar-refractivity contribution in [2.24, 2.45) is 0 Å². The van der Waals surface area contributed by atoms with Crippen molar-refractivity contribution in [2.45, 2.75) is 24.9 Å². The predicted molar refractivity (Wildman–Crippen MR) is 73.5 cm³/mol. The molecular formula is C13H17N5O. The molecular weight excluding hydrogens is 242 g/mol. The first-order valence-electron chi connectivity index (χ1n) is 6.80. The van der Waals surface area contributed by atoms with Crippen LogP contribution in [-0.2, 0) is 0 Å². The van der Waals surface area contributed by atoms with Gasteiger partial charge in [0.1, 0.15) is 0 Å². The van der Waals surface area contributed by atoms with Gasteiger partial charge in [-0.25, -0.2) is 4.98 Å². The van der Waals surface area contributed by atoms with Crippen molar-refractivity contribution in [1.82, 2.24) is 15.5 Å². The predicted octanol–water partition coefficient (Wildman–Crippen LogP) is 1.21. The monoisotopic (exact) mass is 259 g/mol. The molecule has 0 aromatic carbocycles. The molecule has 2 aromatic rings. The van der Waals surface area contributed by atoms with Crippen LogP contribution in [0, 0.1) is 0 Å². The van der Waals surface area contributed by atoms with Gasteiger partial charge in [-0.3, -0.25) is 0 Å². The molecule has 6 heteroatoms. The quantitative estimate of drug-likeness (QED) is 0.845. The van der Waals surface area contributed by atoms with E-state index in [0.29, 0.717) is 17.9 Å². The number of rotatable bonds is 2. The standard InChI is InChI=1S/C13H17N5O/c1-14-13-12-11(19-17-13)6-8(7-16-12)18-5-4-15-9-2-3-10(9)18/h6-7,9-10,15H,2-5H2,1H3,(H,14,17). The van der Waals surface area contributed by atoms with E-state index in [1.807, 2.05) is 13.2 Å². The van der Waals surface area contributed by atoms with Crippen molar-refractivity contribution in [3.05, 3.63) is 12.3 Å². The molecule has 0 radical (unpaired) electrons. The molecule has 2 atom stereocenters. The second-order valence-electron chi connectivity index (χ2n) is 5.22. The van der Waals surface area contributed by atoms with E-state index in [-0.39, 0.29) is 0 Å². The first-order chi connectivity index (χ1) is 9.36. The zero-order chi connectivity index (χ0) is 12.8. The summed E-state index contributed by atoms with van der Waals surface area (Å²) < 4.78 is 5.33. The molecule has 19 heavy (non-hydrogen) atoms. The van der Waals surface area contributed by atoms with Crippen LogP contribution in [0.25, 0.3) is 11.1 Å². The fourth-order valence-electron chi connectivity index (χ4n) is 3.09. The Hall–Kier alpha value is -1.82. The van der Waals surface area contributed by atoms with Gasteiger partial charge in [0, 0.05) is 38.3 Å². The molecule has 0 amide bonds. The number of fused-ring (bicyclic) bond motifs is 2. The van der Waals surface area contributed by atoms with Crippen LogP contribution in [0.1, 0.15) is 12.8 Å². The lowest BCUT2D eigenvalue weighted by atomic mass is 9.83. The van der Waals surface area contributed by atoms with Gasteiger partial charge < -0.3 is 20.1 Å². The summed E-state index contributed by atoms with van der Waals surface area (Å²) in [6, 6.07) is 3.31. The number of nitrogens with zero attached hydrogens (tertiary/aromatic N) is 3. The highest BCUT2D eigenvalue weighted by Gasteiger charge is 2.38. The van der Waals surface area contributed by atoms with E-state index in [4.69, 9.17) is 4.52 Å². The highest BCUT2D eigenvalue weighted by Crippen LogP contribution is 2.33. The van der Waals surface area contributed by atoms with Crippen molar-refractivity contribution in [3.8, 4) is 0 Å². The Morgan fingerprint density at radius 1 is 1.47 bits per heavy atom. The summed E-state index contributed by atoms with van der Waals surface area (Å²) in [5, 5.41) is 10.5. The second kappa shape index (κ2) is 4.09. The lowest BCUT2D eigenvalue weighted by Crippen LogP contribution is -2.63. The molecule has 4 rings (SSSR count). The van der Waals surface area contributed by atoms with E-state index >= 15 is 0 Å². The second-order valence-corrected chi connectivity index (χ2v) is 5.22. The largest absolute Gasteiger partial charge is 0.369 e. The van der Waals surface area contributed by atoms with Crippen LogP contribution in [-0.4, -0.2) is 42.4 Å². The number of hydrogen-bond donors (Lipinski definition) is 2. The highest BCUT2D eigenvalue weighted by atomic mass is 16.5. The van der Waals surface area contributed by atoms with Gasteiger partial charge in [-0.15, -0.1) is 0 Å². The molecule has 1 aliphatic heterocycles. The molecule has 0 bridgehead atoms. The topological polar surface area (TPSA) is 66.2 Å². The van der Waals surface area contributed by atoms with Crippen LogP contribution >= 0.6 is 0 Å². The Labute approximate surface area is 111 Å². The summed E-state index contributed by atoms with van der Waals surface area (Å²) in [5.74, 6) is 0.698. The molecule has 0 spiro atoms. The summed E-state index contributed by atoms with van der Waals surface area (Å²) in [7, 11) is 1.82. The van der Waals surface area contributed by atoms with Crippen LogP contribution < -0.4 is 15.5 Å². The number of nitrogens with one attached hydrogen (secondary N) is 2. The van der Waals surface area contributed by atoms with Crippen molar-refractivity contribution >= 4 is 22.6 Å². The molecule has 6 nitrogen and oxygen atoms in total. The average Bonchev–Trinajstić information content (AvgIpc) is 2.82. The Balaban J connectivity index is 1.71. The molecule has 2 aromatic heterocycles. The van der Waals surface area contributed by atoms with Crippen LogP contribution in [0.15, 0.2) is 16.8 Å². The van der Waals surface area contributed by atoms with Crippen LogP contribution in [0.5, 0.6) is 0 Å². The summed E-state index contributed by atoms with van der Waals surface area (Å²) in [5.41, 5.74) is 2.69. The maximum absolute atomic E-state index is 5.33. The molecule has 2 fully saturated rings. The zero-order valence-corrected chi connectivity index (χ0v) is 10.9. The van der Waals surface area contributed by atoms with Crippen LogP contribution in [0.3, 0.4) is 0 Å². The molecule has 2 aliphatic rings. The van der Waals surface area contributed by atoms with E-state index in [1.165, 1.54) is 12.8 Å². The first-order valence-corrected chi connectivity index (χ1v) is 6.80. The summed E-state index contributed by atoms with van der Waals surface area (Å²) in [4.78, 5) is 6.93. The smallest absolute Gasteiger partial charge is 0.195 e. The molecule has 1 saturated carbocycles. The minimum Gasteiger partial charge on any atom is -0.369 e. The van der Waals surface area contributed by atoms with E-state index in [2.05, 4.69) is 31.7 Å². The fraction of sp³-hybridized carbons (Fsp3) is 0.538. The van der Waals surface area contributed by atoms with Gasteiger partial charge in [0.15, 0.2) is 16.9 Å². The lowest BCUT2D eigenvalue weighted by Gasteiger charge is -2.49. The maximum atomic E-state index is 5.33. The Bertz CT molecular complexity index is 610.